The number of ether oxygens (including phenoxy) is 2. The fraction of sp³-hybridized carbons (Fsp3) is 0.750. The topological polar surface area (TPSA) is 96.3 Å². The van der Waals surface area contributed by atoms with E-state index in [1.807, 2.05) is 0 Å². The van der Waals surface area contributed by atoms with Crippen molar-refractivity contribution < 1.29 is 29.3 Å². The first-order valence-electron chi connectivity index (χ1n) is 6.22. The van der Waals surface area contributed by atoms with E-state index in [9.17, 15) is 9.59 Å². The van der Waals surface area contributed by atoms with Gasteiger partial charge in [-0.3, -0.25) is 9.69 Å². The highest BCUT2D eigenvalue weighted by Gasteiger charge is 2.27. The molecule has 1 heterocycles. The molecule has 7 nitrogen and oxygen atoms in total. The quantitative estimate of drug-likeness (QED) is 0.419. The van der Waals surface area contributed by atoms with Gasteiger partial charge in [-0.25, -0.2) is 4.79 Å². The molecule has 7 heteroatoms. The first-order valence-corrected chi connectivity index (χ1v) is 6.22. The van der Waals surface area contributed by atoms with Crippen molar-refractivity contribution >= 4 is 11.9 Å². The van der Waals surface area contributed by atoms with Gasteiger partial charge in [-0.15, -0.1) is 0 Å². The van der Waals surface area contributed by atoms with Crippen molar-refractivity contribution in [2.75, 3.05) is 39.5 Å². The summed E-state index contributed by atoms with van der Waals surface area (Å²) >= 11 is 0. The largest absolute Gasteiger partial charge is 0.483 e. The Balaban J connectivity index is 2.32. The predicted octanol–water partition coefficient (Wildman–Crippen LogP) is -1.29. The van der Waals surface area contributed by atoms with Gasteiger partial charge in [0.05, 0.1) is 26.2 Å². The fourth-order valence-corrected chi connectivity index (χ4v) is 1.79. The summed E-state index contributed by atoms with van der Waals surface area (Å²) in [6.07, 6.45) is -0.0372. The van der Waals surface area contributed by atoms with Crippen molar-refractivity contribution in [2.24, 2.45) is 0 Å². The van der Waals surface area contributed by atoms with E-state index in [4.69, 9.17) is 19.7 Å². The van der Waals surface area contributed by atoms with Gasteiger partial charge in [-0.1, -0.05) is 0 Å². The Morgan fingerprint density at radius 2 is 2.05 bits per heavy atom. The van der Waals surface area contributed by atoms with Crippen LogP contribution in [0.2, 0.25) is 0 Å². The van der Waals surface area contributed by atoms with Gasteiger partial charge in [0, 0.05) is 26.1 Å². The monoisotopic (exact) mass is 273 g/mol. The number of carbonyl (C=O) groups is 1. The standard InChI is InChI=1S/C12H19NO6/c14-6-4-13(5-7-15)3-1-12(17)19-10-2-8-18-11(10)9-16/h10,14-15H,1-8H2. The molecule has 1 aliphatic heterocycles. The molecule has 1 aliphatic rings. The molecule has 1 unspecified atom stereocenters. The number of carbonyl (C=O) groups excluding carboxylic acids is 2. The first-order chi connectivity index (χ1) is 9.21. The van der Waals surface area contributed by atoms with Gasteiger partial charge in [0.2, 0.25) is 5.76 Å². The van der Waals surface area contributed by atoms with Crippen LogP contribution in [0.3, 0.4) is 0 Å². The summed E-state index contributed by atoms with van der Waals surface area (Å²) in [5.74, 6) is 1.21. The van der Waals surface area contributed by atoms with E-state index < -0.39 is 12.1 Å². The lowest BCUT2D eigenvalue weighted by molar-refractivity contribution is -0.147. The minimum absolute atomic E-state index is 0.0379. The maximum absolute atomic E-state index is 11.6. The molecule has 0 bridgehead atoms. The summed E-state index contributed by atoms with van der Waals surface area (Å²) in [5, 5.41) is 17.6. The molecular weight excluding hydrogens is 254 g/mol. The van der Waals surface area contributed by atoms with E-state index in [1.165, 1.54) is 0 Å². The molecule has 0 aliphatic carbocycles. The summed E-state index contributed by atoms with van der Waals surface area (Å²) in [6, 6.07) is 0. The highest BCUT2D eigenvalue weighted by molar-refractivity contribution is 5.70. The highest BCUT2D eigenvalue weighted by Crippen LogP contribution is 2.18. The lowest BCUT2D eigenvalue weighted by atomic mass is 10.2. The van der Waals surface area contributed by atoms with Gasteiger partial charge in [-0.05, 0) is 0 Å². The molecule has 0 saturated carbocycles. The summed E-state index contributed by atoms with van der Waals surface area (Å²) < 4.78 is 10.1. The van der Waals surface area contributed by atoms with E-state index in [0.29, 0.717) is 32.7 Å². The van der Waals surface area contributed by atoms with Gasteiger partial charge in [0.15, 0.2) is 12.0 Å². The average Bonchev–Trinajstić information content (AvgIpc) is 2.83. The van der Waals surface area contributed by atoms with Gasteiger partial charge in [0.1, 0.15) is 0 Å². The van der Waals surface area contributed by atoms with Crippen molar-refractivity contribution in [2.45, 2.75) is 18.9 Å². The minimum Gasteiger partial charge on any atom is -0.483 e. The van der Waals surface area contributed by atoms with Crippen LogP contribution in [-0.4, -0.2) is 72.6 Å². The van der Waals surface area contributed by atoms with Gasteiger partial charge < -0.3 is 19.7 Å². The zero-order chi connectivity index (χ0) is 14.1. The number of aliphatic hydroxyl groups excluding tert-OH is 2. The maximum Gasteiger partial charge on any atom is 0.307 e. The molecule has 0 aromatic carbocycles. The number of hydrogen-bond acceptors (Lipinski definition) is 7. The molecule has 1 rings (SSSR count). The third-order valence-electron chi connectivity index (χ3n) is 2.77. The number of rotatable bonds is 8. The molecule has 1 atom stereocenters. The molecule has 1 saturated heterocycles. The molecule has 0 amide bonds. The molecule has 0 aromatic rings. The first kappa shape index (κ1) is 15.7. The molecule has 1 fully saturated rings. The molecule has 0 aromatic heterocycles. The van der Waals surface area contributed by atoms with E-state index in [0.717, 1.165) is 0 Å². The molecular formula is C12H19NO6. The van der Waals surface area contributed by atoms with Crippen LogP contribution in [0, 0.1) is 0 Å². The minimum atomic E-state index is -0.630. The maximum atomic E-state index is 11.6. The Hall–Kier alpha value is -1.40. The second-order valence-corrected chi connectivity index (χ2v) is 4.12. The van der Waals surface area contributed by atoms with Crippen molar-refractivity contribution in [3.8, 4) is 0 Å². The van der Waals surface area contributed by atoms with Gasteiger partial charge in [-0.2, -0.15) is 0 Å². The highest BCUT2D eigenvalue weighted by atomic mass is 16.6. The van der Waals surface area contributed by atoms with Crippen LogP contribution in [0.4, 0.5) is 0 Å². The number of esters is 1. The lowest BCUT2D eigenvalue weighted by Gasteiger charge is -2.19. The zero-order valence-corrected chi connectivity index (χ0v) is 10.7. The molecule has 0 radical (unpaired) electrons. The summed E-state index contributed by atoms with van der Waals surface area (Å²) in [7, 11) is 0. The van der Waals surface area contributed by atoms with Crippen molar-refractivity contribution in [1.82, 2.24) is 4.90 Å². The molecule has 2 N–H and O–H groups in total. The molecule has 108 valence electrons. The van der Waals surface area contributed by atoms with Gasteiger partial charge >= 0.3 is 5.97 Å². The smallest absolute Gasteiger partial charge is 0.307 e. The molecule has 0 spiro atoms. The SMILES string of the molecule is O=C=C1OCCC1OC(=O)CCN(CCO)CCO. The Morgan fingerprint density at radius 3 is 2.63 bits per heavy atom. The summed E-state index contributed by atoms with van der Waals surface area (Å²) in [5.41, 5.74) is 0. The van der Waals surface area contributed by atoms with Crippen LogP contribution >= 0.6 is 0 Å². The number of hydrogen-bond donors (Lipinski definition) is 2. The van der Waals surface area contributed by atoms with E-state index >= 15 is 0 Å². The van der Waals surface area contributed by atoms with Crippen LogP contribution in [-0.2, 0) is 19.1 Å². The normalized spacial score (nSPS) is 18.3. The van der Waals surface area contributed by atoms with Crippen molar-refractivity contribution in [1.29, 1.82) is 0 Å². The number of nitrogens with zero attached hydrogens (tertiary/aromatic N) is 1. The van der Waals surface area contributed by atoms with Crippen molar-refractivity contribution in [3.05, 3.63) is 5.76 Å². The van der Waals surface area contributed by atoms with Gasteiger partial charge in [0.25, 0.3) is 0 Å². The second-order valence-electron chi connectivity index (χ2n) is 4.12. The number of aliphatic hydroxyl groups is 2. The summed E-state index contributed by atoms with van der Waals surface area (Å²) in [4.78, 5) is 23.8. The summed E-state index contributed by atoms with van der Waals surface area (Å²) in [6.45, 7) is 1.43. The zero-order valence-electron chi connectivity index (χ0n) is 10.7. The predicted molar refractivity (Wildman–Crippen MR) is 64.9 cm³/mol. The fourth-order valence-electron chi connectivity index (χ4n) is 1.79. The second kappa shape index (κ2) is 8.66. The van der Waals surface area contributed by atoms with Crippen LogP contribution in [0.1, 0.15) is 12.8 Å². The third kappa shape index (κ3) is 5.40. The Labute approximate surface area is 111 Å². The van der Waals surface area contributed by atoms with E-state index in [-0.39, 0.29) is 25.4 Å². The Kier molecular flexibility index (Phi) is 7.14. The Morgan fingerprint density at radius 1 is 1.37 bits per heavy atom. The Bertz CT molecular complexity index is 333. The third-order valence-corrected chi connectivity index (χ3v) is 2.77. The average molecular weight is 273 g/mol. The van der Waals surface area contributed by atoms with Crippen molar-refractivity contribution in [3.63, 3.8) is 0 Å². The molecule has 19 heavy (non-hydrogen) atoms. The lowest BCUT2D eigenvalue weighted by Crippen LogP contribution is -2.32. The van der Waals surface area contributed by atoms with E-state index in [1.54, 1.807) is 10.8 Å². The van der Waals surface area contributed by atoms with Crippen LogP contribution in [0.25, 0.3) is 0 Å². The van der Waals surface area contributed by atoms with Crippen LogP contribution in [0.5, 0.6) is 0 Å². The van der Waals surface area contributed by atoms with Crippen LogP contribution in [0.15, 0.2) is 5.76 Å². The van der Waals surface area contributed by atoms with E-state index in [2.05, 4.69) is 0 Å². The van der Waals surface area contributed by atoms with Crippen LogP contribution < -0.4 is 0 Å².